The monoisotopic (exact) mass is 263 g/mol. The van der Waals surface area contributed by atoms with E-state index in [4.69, 9.17) is 4.74 Å². The summed E-state index contributed by atoms with van der Waals surface area (Å²) in [5.74, 6) is 0.540. The van der Waals surface area contributed by atoms with E-state index in [1.54, 1.807) is 0 Å². The molecule has 0 aliphatic heterocycles. The Morgan fingerprint density at radius 3 is 2.79 bits per heavy atom. The van der Waals surface area contributed by atoms with Crippen molar-refractivity contribution in [2.45, 2.75) is 38.7 Å². The molecule has 1 aromatic carbocycles. The Hall–Kier alpha value is -1.55. The molecule has 2 rings (SSSR count). The van der Waals surface area contributed by atoms with Gasteiger partial charge in [0.15, 0.2) is 6.61 Å². The van der Waals surface area contributed by atoms with Gasteiger partial charge in [-0.2, -0.15) is 0 Å². The van der Waals surface area contributed by atoms with Gasteiger partial charge in [0.25, 0.3) is 5.91 Å². The second-order valence-electron chi connectivity index (χ2n) is 5.34. The smallest absolute Gasteiger partial charge is 0.258 e. The number of hydrogen-bond acceptors (Lipinski definition) is 3. The van der Waals surface area contributed by atoms with E-state index >= 15 is 0 Å². The van der Waals surface area contributed by atoms with Crippen molar-refractivity contribution in [3.63, 3.8) is 0 Å². The second kappa shape index (κ2) is 5.61. The lowest BCUT2D eigenvalue weighted by atomic mass is 9.80. The van der Waals surface area contributed by atoms with Crippen LogP contribution in [0.5, 0.6) is 5.75 Å². The molecule has 1 saturated carbocycles. The number of amides is 1. The van der Waals surface area contributed by atoms with Gasteiger partial charge in [0.2, 0.25) is 0 Å². The van der Waals surface area contributed by atoms with Crippen LogP contribution in [0.15, 0.2) is 18.2 Å². The van der Waals surface area contributed by atoms with Crippen LogP contribution in [0.3, 0.4) is 0 Å². The summed E-state index contributed by atoms with van der Waals surface area (Å²) in [5.41, 5.74) is 1.50. The number of nitrogens with one attached hydrogen (secondary N) is 1. The van der Waals surface area contributed by atoms with E-state index in [0.29, 0.717) is 6.54 Å². The SMILES string of the molecule is Cc1cccc(OCC(=O)NCC2(O)CCC2)c1C. The molecule has 104 valence electrons. The van der Waals surface area contributed by atoms with Crippen LogP contribution in [0.4, 0.5) is 0 Å². The molecule has 1 aromatic rings. The fourth-order valence-corrected chi connectivity index (χ4v) is 2.10. The lowest BCUT2D eigenvalue weighted by Crippen LogP contribution is -2.48. The van der Waals surface area contributed by atoms with Crippen LogP contribution in [0.1, 0.15) is 30.4 Å². The Bertz CT molecular complexity index is 466. The van der Waals surface area contributed by atoms with Gasteiger partial charge in [-0.15, -0.1) is 0 Å². The number of aryl methyl sites for hydroxylation is 1. The standard InChI is InChI=1S/C15H21NO3/c1-11-5-3-6-13(12(11)2)19-9-14(17)16-10-15(18)7-4-8-15/h3,5-6,18H,4,7-10H2,1-2H3,(H,16,17). The van der Waals surface area contributed by atoms with E-state index in [9.17, 15) is 9.90 Å². The number of benzene rings is 1. The first-order chi connectivity index (χ1) is 9.00. The molecule has 0 saturated heterocycles. The Labute approximate surface area is 113 Å². The fraction of sp³-hybridized carbons (Fsp3) is 0.533. The number of hydrogen-bond donors (Lipinski definition) is 2. The zero-order valence-corrected chi connectivity index (χ0v) is 11.5. The van der Waals surface area contributed by atoms with E-state index in [2.05, 4.69) is 5.32 Å². The molecule has 1 aliphatic rings. The van der Waals surface area contributed by atoms with E-state index in [-0.39, 0.29) is 12.5 Å². The van der Waals surface area contributed by atoms with Gasteiger partial charge in [-0.1, -0.05) is 12.1 Å². The van der Waals surface area contributed by atoms with E-state index in [0.717, 1.165) is 36.1 Å². The van der Waals surface area contributed by atoms with Crippen LogP contribution in [-0.2, 0) is 4.79 Å². The van der Waals surface area contributed by atoms with Crippen LogP contribution < -0.4 is 10.1 Å². The van der Waals surface area contributed by atoms with Gasteiger partial charge in [-0.3, -0.25) is 4.79 Å². The minimum absolute atomic E-state index is 0.0135. The molecule has 4 nitrogen and oxygen atoms in total. The third kappa shape index (κ3) is 3.47. The molecule has 1 fully saturated rings. The third-order valence-electron chi connectivity index (χ3n) is 3.81. The molecule has 0 bridgehead atoms. The molecule has 19 heavy (non-hydrogen) atoms. The molecule has 1 amide bonds. The minimum atomic E-state index is -0.686. The van der Waals surface area contributed by atoms with Crippen molar-refractivity contribution in [3.8, 4) is 5.75 Å². The fourth-order valence-electron chi connectivity index (χ4n) is 2.10. The quantitative estimate of drug-likeness (QED) is 0.850. The maximum Gasteiger partial charge on any atom is 0.258 e. The highest BCUT2D eigenvalue weighted by Crippen LogP contribution is 2.30. The molecule has 0 radical (unpaired) electrons. The number of rotatable bonds is 5. The van der Waals surface area contributed by atoms with Crippen LogP contribution >= 0.6 is 0 Å². The number of carbonyl (C=O) groups excluding carboxylic acids is 1. The Morgan fingerprint density at radius 1 is 1.42 bits per heavy atom. The van der Waals surface area contributed by atoms with Crippen molar-refractivity contribution in [1.29, 1.82) is 0 Å². The zero-order chi connectivity index (χ0) is 13.9. The molecule has 0 spiro atoms. The lowest BCUT2D eigenvalue weighted by Gasteiger charge is -2.36. The average molecular weight is 263 g/mol. The predicted octanol–water partition coefficient (Wildman–Crippen LogP) is 1.71. The van der Waals surface area contributed by atoms with Gasteiger partial charge in [-0.25, -0.2) is 0 Å². The zero-order valence-electron chi connectivity index (χ0n) is 11.5. The van der Waals surface area contributed by atoms with Crippen molar-refractivity contribution in [1.82, 2.24) is 5.32 Å². The highest BCUT2D eigenvalue weighted by molar-refractivity contribution is 5.77. The van der Waals surface area contributed by atoms with Crippen LogP contribution in [-0.4, -0.2) is 29.8 Å². The van der Waals surface area contributed by atoms with Gasteiger partial charge in [0.1, 0.15) is 5.75 Å². The molecule has 0 heterocycles. The first kappa shape index (κ1) is 13.9. The number of carbonyl (C=O) groups is 1. The average Bonchev–Trinajstić information content (AvgIpc) is 2.36. The maximum atomic E-state index is 11.7. The highest BCUT2D eigenvalue weighted by atomic mass is 16.5. The van der Waals surface area contributed by atoms with E-state index in [1.165, 1.54) is 0 Å². The summed E-state index contributed by atoms with van der Waals surface area (Å²) < 4.78 is 5.50. The number of aliphatic hydroxyl groups is 1. The molecule has 0 unspecified atom stereocenters. The molecule has 2 N–H and O–H groups in total. The molecule has 0 aromatic heterocycles. The topological polar surface area (TPSA) is 58.6 Å². The van der Waals surface area contributed by atoms with Crippen molar-refractivity contribution in [2.24, 2.45) is 0 Å². The molecular weight excluding hydrogens is 242 g/mol. The highest BCUT2D eigenvalue weighted by Gasteiger charge is 2.34. The van der Waals surface area contributed by atoms with Gasteiger partial charge >= 0.3 is 0 Å². The van der Waals surface area contributed by atoms with Crippen molar-refractivity contribution < 1.29 is 14.6 Å². The van der Waals surface area contributed by atoms with Crippen LogP contribution in [0.25, 0.3) is 0 Å². The van der Waals surface area contributed by atoms with Crippen molar-refractivity contribution >= 4 is 5.91 Å². The van der Waals surface area contributed by atoms with Crippen LogP contribution in [0, 0.1) is 13.8 Å². The summed E-state index contributed by atoms with van der Waals surface area (Å²) in [6.07, 6.45) is 2.57. The number of ether oxygens (including phenoxy) is 1. The van der Waals surface area contributed by atoms with Gasteiger partial charge in [0, 0.05) is 6.54 Å². The molecule has 0 atom stereocenters. The summed E-state index contributed by atoms with van der Waals surface area (Å²) in [5, 5.41) is 12.6. The third-order valence-corrected chi connectivity index (χ3v) is 3.81. The normalized spacial score (nSPS) is 16.6. The second-order valence-corrected chi connectivity index (χ2v) is 5.34. The summed E-state index contributed by atoms with van der Waals surface area (Å²) in [7, 11) is 0. The summed E-state index contributed by atoms with van der Waals surface area (Å²) in [6.45, 7) is 4.29. The largest absolute Gasteiger partial charge is 0.483 e. The molecular formula is C15H21NO3. The van der Waals surface area contributed by atoms with E-state index in [1.807, 2.05) is 32.0 Å². The van der Waals surface area contributed by atoms with Gasteiger partial charge in [-0.05, 0) is 50.3 Å². The molecule has 1 aliphatic carbocycles. The molecule has 4 heteroatoms. The van der Waals surface area contributed by atoms with Crippen molar-refractivity contribution in [3.05, 3.63) is 29.3 Å². The minimum Gasteiger partial charge on any atom is -0.483 e. The summed E-state index contributed by atoms with van der Waals surface area (Å²) >= 11 is 0. The predicted molar refractivity (Wildman–Crippen MR) is 73.2 cm³/mol. The lowest BCUT2D eigenvalue weighted by molar-refractivity contribution is -0.125. The van der Waals surface area contributed by atoms with Crippen LogP contribution in [0.2, 0.25) is 0 Å². The maximum absolute atomic E-state index is 11.7. The van der Waals surface area contributed by atoms with Gasteiger partial charge in [0.05, 0.1) is 5.60 Å². The van der Waals surface area contributed by atoms with Gasteiger partial charge < -0.3 is 15.2 Å². The first-order valence-electron chi connectivity index (χ1n) is 6.68. The Balaban J connectivity index is 1.78. The summed E-state index contributed by atoms with van der Waals surface area (Å²) in [4.78, 5) is 11.7. The van der Waals surface area contributed by atoms with Crippen molar-refractivity contribution in [2.75, 3.05) is 13.2 Å². The summed E-state index contributed by atoms with van der Waals surface area (Å²) in [6, 6.07) is 5.77. The first-order valence-corrected chi connectivity index (χ1v) is 6.68. The Kier molecular flexibility index (Phi) is 4.10. The Morgan fingerprint density at radius 2 is 2.16 bits per heavy atom. The van der Waals surface area contributed by atoms with E-state index < -0.39 is 5.60 Å².